The Balaban J connectivity index is 0.00000137. The van der Waals surface area contributed by atoms with Crippen LogP contribution in [-0.4, -0.2) is 35.0 Å². The van der Waals surface area contributed by atoms with E-state index in [-0.39, 0.29) is 12.3 Å². The van der Waals surface area contributed by atoms with Gasteiger partial charge in [0.1, 0.15) is 0 Å². The molecule has 0 aromatic rings. The molecule has 4 heteroatoms. The topological polar surface area (TPSA) is 57.6 Å². The molecular formula is C14H27NO3. The highest BCUT2D eigenvalue weighted by atomic mass is 16.4. The Hall–Kier alpha value is -1.06. The largest absolute Gasteiger partial charge is 0.481 e. The summed E-state index contributed by atoms with van der Waals surface area (Å²) in [5, 5.41) is 8.81. The minimum Gasteiger partial charge on any atom is -0.481 e. The molecule has 0 aliphatic carbocycles. The monoisotopic (exact) mass is 257 g/mol. The van der Waals surface area contributed by atoms with Gasteiger partial charge in [-0.05, 0) is 6.42 Å². The van der Waals surface area contributed by atoms with Crippen molar-refractivity contribution in [3.05, 3.63) is 0 Å². The zero-order chi connectivity index (χ0) is 14.0. The van der Waals surface area contributed by atoms with Crippen LogP contribution in [0, 0.1) is 5.92 Å². The number of likely N-dealkylation sites (tertiary alicyclic amines) is 1. The average molecular weight is 257 g/mol. The number of carbonyl (C=O) groups excluding carboxylic acids is 1. The van der Waals surface area contributed by atoms with Gasteiger partial charge in [0.15, 0.2) is 0 Å². The molecule has 0 aromatic carbocycles. The van der Waals surface area contributed by atoms with Gasteiger partial charge in [-0.3, -0.25) is 9.59 Å². The van der Waals surface area contributed by atoms with Crippen molar-refractivity contribution in [2.24, 2.45) is 5.92 Å². The van der Waals surface area contributed by atoms with Crippen LogP contribution in [0.2, 0.25) is 0 Å². The van der Waals surface area contributed by atoms with Crippen LogP contribution in [0.5, 0.6) is 0 Å². The molecule has 1 N–H and O–H groups in total. The lowest BCUT2D eigenvalue weighted by Gasteiger charge is -2.15. The molecule has 1 unspecified atom stereocenters. The Kier molecular flexibility index (Phi) is 9.33. The average Bonchev–Trinajstić information content (AvgIpc) is 2.74. The SMILES string of the molecule is CC.CCCCCCCN1CC(C(=O)O)CC1=O. The zero-order valence-electron chi connectivity index (χ0n) is 11.9. The first-order valence-corrected chi connectivity index (χ1v) is 7.15. The van der Waals surface area contributed by atoms with Gasteiger partial charge >= 0.3 is 5.97 Å². The fourth-order valence-corrected chi connectivity index (χ4v) is 2.06. The number of carboxylic acid groups (broad SMARTS) is 1. The molecule has 1 saturated heterocycles. The van der Waals surface area contributed by atoms with Crippen LogP contribution in [0.4, 0.5) is 0 Å². The number of amides is 1. The fourth-order valence-electron chi connectivity index (χ4n) is 2.06. The van der Waals surface area contributed by atoms with Crippen molar-refractivity contribution in [1.29, 1.82) is 0 Å². The molecule has 4 nitrogen and oxygen atoms in total. The van der Waals surface area contributed by atoms with Gasteiger partial charge in [-0.15, -0.1) is 0 Å². The molecule has 0 radical (unpaired) electrons. The molecule has 0 spiro atoms. The van der Waals surface area contributed by atoms with E-state index in [2.05, 4.69) is 6.92 Å². The van der Waals surface area contributed by atoms with Gasteiger partial charge in [-0.25, -0.2) is 0 Å². The second kappa shape index (κ2) is 9.92. The molecule has 1 rings (SSSR count). The normalized spacial score (nSPS) is 18.5. The van der Waals surface area contributed by atoms with Gasteiger partial charge in [0.2, 0.25) is 5.91 Å². The van der Waals surface area contributed by atoms with Crippen LogP contribution in [0.25, 0.3) is 0 Å². The maximum Gasteiger partial charge on any atom is 0.308 e. The summed E-state index contributed by atoms with van der Waals surface area (Å²) in [5.41, 5.74) is 0. The van der Waals surface area contributed by atoms with Crippen LogP contribution in [0.3, 0.4) is 0 Å². The van der Waals surface area contributed by atoms with E-state index in [9.17, 15) is 9.59 Å². The van der Waals surface area contributed by atoms with Crippen LogP contribution >= 0.6 is 0 Å². The maximum absolute atomic E-state index is 11.5. The molecule has 0 aromatic heterocycles. The first-order valence-electron chi connectivity index (χ1n) is 7.15. The number of hydrogen-bond donors (Lipinski definition) is 1. The number of unbranched alkanes of at least 4 members (excludes halogenated alkanes) is 4. The molecule has 0 bridgehead atoms. The summed E-state index contributed by atoms with van der Waals surface area (Å²) < 4.78 is 0. The van der Waals surface area contributed by atoms with E-state index >= 15 is 0 Å². The van der Waals surface area contributed by atoms with Crippen LogP contribution in [0.15, 0.2) is 0 Å². The number of carbonyl (C=O) groups is 2. The van der Waals surface area contributed by atoms with Gasteiger partial charge in [0, 0.05) is 19.5 Å². The summed E-state index contributed by atoms with van der Waals surface area (Å²) in [4.78, 5) is 23.9. The second-order valence-corrected chi connectivity index (χ2v) is 4.49. The first kappa shape index (κ1) is 16.9. The van der Waals surface area contributed by atoms with E-state index in [4.69, 9.17) is 5.11 Å². The molecule has 1 amide bonds. The lowest BCUT2D eigenvalue weighted by Crippen LogP contribution is -2.27. The molecule has 18 heavy (non-hydrogen) atoms. The summed E-state index contributed by atoms with van der Waals surface area (Å²) >= 11 is 0. The fraction of sp³-hybridized carbons (Fsp3) is 0.857. The number of aliphatic carboxylic acids is 1. The third kappa shape index (κ3) is 6.03. The van der Waals surface area contributed by atoms with E-state index in [0.29, 0.717) is 6.54 Å². The van der Waals surface area contributed by atoms with Crippen molar-refractivity contribution in [2.45, 2.75) is 59.3 Å². The highest BCUT2D eigenvalue weighted by Gasteiger charge is 2.33. The number of hydrogen-bond acceptors (Lipinski definition) is 2. The van der Waals surface area contributed by atoms with Gasteiger partial charge < -0.3 is 10.0 Å². The van der Waals surface area contributed by atoms with Gasteiger partial charge in [-0.1, -0.05) is 46.5 Å². The first-order chi connectivity index (χ1) is 8.65. The van der Waals surface area contributed by atoms with Gasteiger partial charge in [0.25, 0.3) is 0 Å². The molecule has 0 saturated carbocycles. The number of rotatable bonds is 7. The van der Waals surface area contributed by atoms with E-state index in [0.717, 1.165) is 19.4 Å². The summed E-state index contributed by atoms with van der Waals surface area (Å²) in [7, 11) is 0. The minimum atomic E-state index is -0.846. The second-order valence-electron chi connectivity index (χ2n) is 4.49. The molecular weight excluding hydrogens is 230 g/mol. The van der Waals surface area contributed by atoms with E-state index in [1.54, 1.807) is 4.90 Å². The molecule has 1 aliphatic heterocycles. The van der Waals surface area contributed by atoms with E-state index in [1.165, 1.54) is 19.3 Å². The number of carboxylic acids is 1. The van der Waals surface area contributed by atoms with E-state index < -0.39 is 11.9 Å². The Labute approximate surface area is 110 Å². The van der Waals surface area contributed by atoms with Crippen molar-refractivity contribution >= 4 is 11.9 Å². The molecule has 106 valence electrons. The highest BCUT2D eigenvalue weighted by Crippen LogP contribution is 2.18. The zero-order valence-corrected chi connectivity index (χ0v) is 11.9. The van der Waals surface area contributed by atoms with Crippen molar-refractivity contribution < 1.29 is 14.7 Å². The highest BCUT2D eigenvalue weighted by molar-refractivity contribution is 5.86. The van der Waals surface area contributed by atoms with Gasteiger partial charge in [-0.2, -0.15) is 0 Å². The van der Waals surface area contributed by atoms with Crippen molar-refractivity contribution in [2.75, 3.05) is 13.1 Å². The Bertz CT molecular complexity index is 253. The standard InChI is InChI=1S/C12H21NO3.C2H6/c1-2-3-4-5-6-7-13-9-10(12(15)16)8-11(13)14;1-2/h10H,2-9H2,1H3,(H,15,16);1-2H3. The van der Waals surface area contributed by atoms with E-state index in [1.807, 2.05) is 13.8 Å². The summed E-state index contributed by atoms with van der Waals surface area (Å²) in [6.07, 6.45) is 5.98. The smallest absolute Gasteiger partial charge is 0.308 e. The quantitative estimate of drug-likeness (QED) is 0.713. The Morgan fingerprint density at radius 3 is 2.39 bits per heavy atom. The Morgan fingerprint density at radius 1 is 1.28 bits per heavy atom. The minimum absolute atomic E-state index is 0.00268. The van der Waals surface area contributed by atoms with Crippen LogP contribution < -0.4 is 0 Å². The molecule has 1 aliphatic rings. The third-order valence-corrected chi connectivity index (χ3v) is 3.10. The summed E-state index contributed by atoms with van der Waals surface area (Å²) in [6, 6.07) is 0. The lowest BCUT2D eigenvalue weighted by molar-refractivity contribution is -0.141. The van der Waals surface area contributed by atoms with Crippen LogP contribution in [-0.2, 0) is 9.59 Å². The summed E-state index contributed by atoms with van der Waals surface area (Å²) in [5.74, 6) is -1.33. The van der Waals surface area contributed by atoms with Gasteiger partial charge in [0.05, 0.1) is 5.92 Å². The summed E-state index contributed by atoms with van der Waals surface area (Å²) in [6.45, 7) is 7.30. The van der Waals surface area contributed by atoms with Crippen molar-refractivity contribution in [1.82, 2.24) is 4.90 Å². The Morgan fingerprint density at radius 2 is 1.89 bits per heavy atom. The predicted molar refractivity (Wildman–Crippen MR) is 72.4 cm³/mol. The van der Waals surface area contributed by atoms with Crippen molar-refractivity contribution in [3.63, 3.8) is 0 Å². The molecule has 1 heterocycles. The maximum atomic E-state index is 11.5. The number of nitrogens with zero attached hydrogens (tertiary/aromatic N) is 1. The lowest BCUT2D eigenvalue weighted by atomic mass is 10.1. The van der Waals surface area contributed by atoms with Crippen molar-refractivity contribution in [3.8, 4) is 0 Å². The molecule has 1 atom stereocenters. The third-order valence-electron chi connectivity index (χ3n) is 3.10. The predicted octanol–water partition coefficient (Wildman–Crippen LogP) is 2.92. The van der Waals surface area contributed by atoms with Crippen LogP contribution in [0.1, 0.15) is 59.3 Å². The molecule has 1 fully saturated rings.